The van der Waals surface area contributed by atoms with E-state index >= 15 is 0 Å². The highest BCUT2D eigenvalue weighted by Gasteiger charge is 2.46. The molecule has 1 aliphatic carbocycles. The molecule has 0 N–H and O–H groups in total. The van der Waals surface area contributed by atoms with Crippen molar-refractivity contribution < 1.29 is 4.74 Å². The molecule has 6 heteroatoms. The average molecular weight is 1180 g/mol. The SMILES string of the molecule is Cc1cc(N(c2ccccc2)c2ccc3c(c2)c2ccccc2n3-c2ccccc2)cc(C)c1-c1ccc(N2c3cc(C(C)(C)C)ccc3B3c4cc5c(cc4Oc4cc(C(C)(C)C)cc2c43)-c2ccc(N(c3ccccc3)c3ccccc3)cc2C5(C)C)cc1. The first-order chi connectivity index (χ1) is 44.0. The maximum atomic E-state index is 7.42. The van der Waals surface area contributed by atoms with Gasteiger partial charge in [-0.3, -0.25) is 0 Å². The van der Waals surface area contributed by atoms with Crippen LogP contribution in [0, 0.1) is 13.8 Å². The molecule has 0 atom stereocenters. The fraction of sp³-hybridized carbons (Fsp3) is 0.153. The van der Waals surface area contributed by atoms with E-state index in [2.05, 4.69) is 349 Å². The summed E-state index contributed by atoms with van der Waals surface area (Å²) in [6, 6.07) is 96.8. The smallest absolute Gasteiger partial charge is 0.256 e. The first-order valence-corrected chi connectivity index (χ1v) is 32.2. The molecule has 13 aromatic rings. The lowest BCUT2D eigenvalue weighted by Gasteiger charge is -2.42. The fourth-order valence-corrected chi connectivity index (χ4v) is 15.2. The maximum absolute atomic E-state index is 7.42. The number of aromatic nitrogens is 1. The van der Waals surface area contributed by atoms with E-state index in [9.17, 15) is 0 Å². The Labute approximate surface area is 536 Å². The highest BCUT2D eigenvalue weighted by molar-refractivity contribution is 6.99. The summed E-state index contributed by atoms with van der Waals surface area (Å²) < 4.78 is 9.81. The average Bonchev–Trinajstić information content (AvgIpc) is 1.70. The number of ether oxygens (including phenoxy) is 1. The van der Waals surface area contributed by atoms with E-state index in [0.717, 1.165) is 57.0 Å². The second-order valence-corrected chi connectivity index (χ2v) is 27.9. The molecule has 0 amide bonds. The number of nitrogens with zero attached hydrogens (tertiary/aromatic N) is 4. The molecule has 3 heterocycles. The Balaban J connectivity index is 0.794. The van der Waals surface area contributed by atoms with E-state index in [0.29, 0.717) is 0 Å². The van der Waals surface area contributed by atoms with Crippen molar-refractivity contribution in [3.8, 4) is 39.4 Å². The molecule has 16 rings (SSSR count). The number of aryl methyl sites for hydroxylation is 2. The van der Waals surface area contributed by atoms with E-state index in [1.165, 1.54) is 105 Å². The lowest BCUT2D eigenvalue weighted by molar-refractivity contribution is 0.483. The van der Waals surface area contributed by atoms with E-state index in [-0.39, 0.29) is 23.0 Å². The minimum Gasteiger partial charge on any atom is -0.458 e. The summed E-state index contributed by atoms with van der Waals surface area (Å²) in [5.41, 5.74) is 29.4. The van der Waals surface area contributed by atoms with Crippen LogP contribution < -0.4 is 35.8 Å². The van der Waals surface area contributed by atoms with Crippen LogP contribution in [0.1, 0.15) is 88.8 Å². The standard InChI is InChI=1S/C85H73BN4O/c1-54-45-66(88(61-29-19-13-20-30-61)64-41-44-76-70(50-64)68-33-23-24-34-75(68)89(76)62-31-21-14-22-32-62)46-55(2)81(54)56-35-38-63(39-36-56)90-77-47-57(83(3,4)5)37-43-73(77)86-74-53-72-69(52-79(74)91-80-49-58(84(6,7)8)48-78(90)82(80)86)67-42-40-65(51-71(67)85(72,9)10)87(59-25-15-11-16-26-59)60-27-17-12-18-28-60/h11-53H,1-10H3. The van der Waals surface area contributed by atoms with Gasteiger partial charge in [0.25, 0.3) is 6.71 Å². The number of para-hydroxylation sites is 5. The zero-order valence-corrected chi connectivity index (χ0v) is 53.6. The monoisotopic (exact) mass is 1180 g/mol. The van der Waals surface area contributed by atoms with Crippen molar-refractivity contribution >= 4 is 96.1 Å². The molecule has 0 fully saturated rings. The highest BCUT2D eigenvalue weighted by atomic mass is 16.5. The molecule has 1 aromatic heterocycles. The van der Waals surface area contributed by atoms with Gasteiger partial charge in [0.05, 0.1) is 11.0 Å². The van der Waals surface area contributed by atoms with Crippen LogP contribution in [0.25, 0.3) is 49.7 Å². The molecular weight excluding hydrogens is 1100 g/mol. The maximum Gasteiger partial charge on any atom is 0.256 e. The van der Waals surface area contributed by atoms with Gasteiger partial charge in [-0.05, 0) is 230 Å². The first kappa shape index (κ1) is 56.0. The number of fused-ring (bicyclic) bond motifs is 10. The summed E-state index contributed by atoms with van der Waals surface area (Å²) in [4.78, 5) is 7.33. The first-order valence-electron chi connectivity index (χ1n) is 32.2. The van der Waals surface area contributed by atoms with Crippen LogP contribution >= 0.6 is 0 Å². The summed E-state index contributed by atoms with van der Waals surface area (Å²) >= 11 is 0. The number of hydrogen-bond acceptors (Lipinski definition) is 4. The van der Waals surface area contributed by atoms with E-state index in [4.69, 9.17) is 4.74 Å². The van der Waals surface area contributed by atoms with E-state index in [1.807, 2.05) is 0 Å². The Kier molecular flexibility index (Phi) is 12.9. The summed E-state index contributed by atoms with van der Waals surface area (Å²) in [7, 11) is 0. The van der Waals surface area contributed by atoms with Crippen LogP contribution in [-0.2, 0) is 16.2 Å². The molecule has 0 spiro atoms. The van der Waals surface area contributed by atoms with Crippen LogP contribution in [0.3, 0.4) is 0 Å². The van der Waals surface area contributed by atoms with Crippen LogP contribution in [0.2, 0.25) is 0 Å². The Bertz CT molecular complexity index is 4970. The number of rotatable bonds is 9. The molecule has 0 radical (unpaired) electrons. The predicted molar refractivity (Wildman–Crippen MR) is 386 cm³/mol. The summed E-state index contributed by atoms with van der Waals surface area (Å²) in [6.07, 6.45) is 0. The van der Waals surface area contributed by atoms with Crippen molar-refractivity contribution in [2.24, 2.45) is 0 Å². The lowest BCUT2D eigenvalue weighted by Crippen LogP contribution is -2.60. The van der Waals surface area contributed by atoms with E-state index < -0.39 is 0 Å². The summed E-state index contributed by atoms with van der Waals surface area (Å²) in [5, 5.41) is 2.45. The largest absolute Gasteiger partial charge is 0.458 e. The molecule has 0 saturated heterocycles. The second-order valence-electron chi connectivity index (χ2n) is 27.9. The van der Waals surface area contributed by atoms with Crippen molar-refractivity contribution in [1.29, 1.82) is 0 Å². The van der Waals surface area contributed by atoms with Gasteiger partial charge in [-0.15, -0.1) is 0 Å². The van der Waals surface area contributed by atoms with Crippen molar-refractivity contribution in [2.45, 2.75) is 85.5 Å². The molecule has 91 heavy (non-hydrogen) atoms. The molecule has 2 aliphatic heterocycles. The van der Waals surface area contributed by atoms with Crippen molar-refractivity contribution in [3.63, 3.8) is 0 Å². The van der Waals surface area contributed by atoms with Crippen LogP contribution in [0.5, 0.6) is 11.5 Å². The quantitative estimate of drug-likeness (QED) is 0.134. The Morgan fingerprint density at radius 1 is 0.396 bits per heavy atom. The van der Waals surface area contributed by atoms with Crippen LogP contribution in [-0.4, -0.2) is 11.3 Å². The Hall–Kier alpha value is -10.3. The van der Waals surface area contributed by atoms with Crippen molar-refractivity contribution in [2.75, 3.05) is 14.7 Å². The third-order valence-corrected chi connectivity index (χ3v) is 19.7. The molecule has 442 valence electrons. The third-order valence-electron chi connectivity index (χ3n) is 19.7. The van der Waals surface area contributed by atoms with Gasteiger partial charge >= 0.3 is 0 Å². The molecule has 0 unspecified atom stereocenters. The normalized spacial score (nSPS) is 13.5. The van der Waals surface area contributed by atoms with Gasteiger partial charge in [0.1, 0.15) is 11.5 Å². The predicted octanol–water partition coefficient (Wildman–Crippen LogP) is 21.3. The van der Waals surface area contributed by atoms with Gasteiger partial charge in [-0.1, -0.05) is 183 Å². The van der Waals surface area contributed by atoms with Crippen LogP contribution in [0.15, 0.2) is 261 Å². The molecule has 12 aromatic carbocycles. The van der Waals surface area contributed by atoms with E-state index in [1.54, 1.807) is 0 Å². The summed E-state index contributed by atoms with van der Waals surface area (Å²) in [5.74, 6) is 1.85. The number of benzene rings is 12. The van der Waals surface area contributed by atoms with Gasteiger partial charge in [0.2, 0.25) is 0 Å². The van der Waals surface area contributed by atoms with Gasteiger partial charge in [-0.2, -0.15) is 0 Å². The Morgan fingerprint density at radius 3 is 1.58 bits per heavy atom. The van der Waals surface area contributed by atoms with Gasteiger partial charge < -0.3 is 24.0 Å². The minimum absolute atomic E-state index is 0.0646. The van der Waals surface area contributed by atoms with Crippen molar-refractivity contribution in [3.05, 3.63) is 294 Å². The lowest BCUT2D eigenvalue weighted by atomic mass is 9.33. The third kappa shape index (κ3) is 9.12. The minimum atomic E-state index is -0.297. The Morgan fingerprint density at radius 2 is 0.945 bits per heavy atom. The highest BCUT2D eigenvalue weighted by Crippen LogP contribution is 2.54. The van der Waals surface area contributed by atoms with Crippen LogP contribution in [0.4, 0.5) is 51.2 Å². The summed E-state index contributed by atoms with van der Waals surface area (Å²) in [6.45, 7) is 23.2. The zero-order chi connectivity index (χ0) is 62.2. The molecular formula is C85H73BN4O. The molecule has 0 bridgehead atoms. The molecule has 3 aliphatic rings. The topological polar surface area (TPSA) is 23.9 Å². The van der Waals surface area contributed by atoms with Gasteiger partial charge in [0, 0.05) is 73.1 Å². The van der Waals surface area contributed by atoms with Gasteiger partial charge in [-0.25, -0.2) is 0 Å². The zero-order valence-electron chi connectivity index (χ0n) is 53.6. The second kappa shape index (κ2) is 20.9. The molecule has 5 nitrogen and oxygen atoms in total. The number of hydrogen-bond donors (Lipinski definition) is 0. The van der Waals surface area contributed by atoms with Gasteiger partial charge in [0.15, 0.2) is 0 Å². The molecule has 0 saturated carbocycles. The van der Waals surface area contributed by atoms with Crippen molar-refractivity contribution in [1.82, 2.24) is 4.57 Å². The fourth-order valence-electron chi connectivity index (χ4n) is 15.2. The number of anilines is 9.